The zero-order chi connectivity index (χ0) is 13.8. The fourth-order valence-corrected chi connectivity index (χ4v) is 2.74. The standard InChI is InChI=1S/C13H16N2O3S/c1-9(10-3-2-8-19-10)14-11(16)6-7-15-12(17)4-5-13(15)18/h2-3,8-9H,4-7H2,1H3,(H,14,16)/t9-/m1/s1. The minimum absolute atomic E-state index is 0.0440. The Hall–Kier alpha value is -1.69. The Balaban J connectivity index is 1.79. The second-order valence-corrected chi connectivity index (χ2v) is 5.47. The summed E-state index contributed by atoms with van der Waals surface area (Å²) in [5.74, 6) is -0.499. The molecule has 2 heterocycles. The van der Waals surface area contributed by atoms with Crippen molar-refractivity contribution in [2.75, 3.05) is 6.54 Å². The van der Waals surface area contributed by atoms with E-state index in [1.807, 2.05) is 24.4 Å². The summed E-state index contributed by atoms with van der Waals surface area (Å²) in [7, 11) is 0. The zero-order valence-electron chi connectivity index (χ0n) is 10.7. The van der Waals surface area contributed by atoms with Crippen LogP contribution in [0.3, 0.4) is 0 Å². The molecule has 102 valence electrons. The van der Waals surface area contributed by atoms with Crippen LogP contribution in [0.15, 0.2) is 17.5 Å². The first-order chi connectivity index (χ1) is 9.08. The first-order valence-corrected chi connectivity index (χ1v) is 7.12. The summed E-state index contributed by atoms with van der Waals surface area (Å²) in [6.07, 6.45) is 0.700. The van der Waals surface area contributed by atoms with Crippen LogP contribution in [0.2, 0.25) is 0 Å². The van der Waals surface area contributed by atoms with Gasteiger partial charge in [-0.05, 0) is 18.4 Å². The predicted molar refractivity (Wildman–Crippen MR) is 71.4 cm³/mol. The number of nitrogens with one attached hydrogen (secondary N) is 1. The minimum Gasteiger partial charge on any atom is -0.349 e. The fraction of sp³-hybridized carbons (Fsp3) is 0.462. The van der Waals surface area contributed by atoms with E-state index in [2.05, 4.69) is 5.32 Å². The summed E-state index contributed by atoms with van der Waals surface area (Å²) >= 11 is 1.58. The highest BCUT2D eigenvalue weighted by Gasteiger charge is 2.28. The summed E-state index contributed by atoms with van der Waals surface area (Å²) in [6.45, 7) is 2.09. The molecule has 1 aliphatic rings. The topological polar surface area (TPSA) is 66.5 Å². The Kier molecular flexibility index (Phi) is 4.31. The van der Waals surface area contributed by atoms with E-state index in [0.717, 1.165) is 4.88 Å². The number of hydrogen-bond donors (Lipinski definition) is 1. The van der Waals surface area contributed by atoms with E-state index in [9.17, 15) is 14.4 Å². The molecule has 5 nitrogen and oxygen atoms in total. The van der Waals surface area contributed by atoms with Crippen LogP contribution >= 0.6 is 11.3 Å². The maximum Gasteiger partial charge on any atom is 0.229 e. The van der Waals surface area contributed by atoms with E-state index in [-0.39, 0.29) is 49.6 Å². The Morgan fingerprint density at radius 1 is 1.42 bits per heavy atom. The quantitative estimate of drug-likeness (QED) is 0.830. The second kappa shape index (κ2) is 5.97. The molecule has 1 aromatic rings. The van der Waals surface area contributed by atoms with Crippen LogP contribution in [0.4, 0.5) is 0 Å². The molecule has 1 N–H and O–H groups in total. The summed E-state index contributed by atoms with van der Waals surface area (Å²) in [5, 5.41) is 4.82. The molecule has 1 aliphatic heterocycles. The summed E-state index contributed by atoms with van der Waals surface area (Å²) in [5.41, 5.74) is 0. The van der Waals surface area contributed by atoms with Crippen LogP contribution in [0.1, 0.15) is 37.1 Å². The highest BCUT2D eigenvalue weighted by atomic mass is 32.1. The maximum absolute atomic E-state index is 11.8. The number of hydrogen-bond acceptors (Lipinski definition) is 4. The lowest BCUT2D eigenvalue weighted by Gasteiger charge is -2.15. The van der Waals surface area contributed by atoms with Crippen LogP contribution in [0.5, 0.6) is 0 Å². The van der Waals surface area contributed by atoms with E-state index in [1.165, 1.54) is 4.90 Å². The van der Waals surface area contributed by atoms with Gasteiger partial charge in [0.25, 0.3) is 0 Å². The van der Waals surface area contributed by atoms with Gasteiger partial charge >= 0.3 is 0 Å². The molecule has 1 atom stereocenters. The highest BCUT2D eigenvalue weighted by molar-refractivity contribution is 7.10. The average molecular weight is 280 g/mol. The average Bonchev–Trinajstić information content (AvgIpc) is 2.98. The van der Waals surface area contributed by atoms with Crippen molar-refractivity contribution in [2.45, 2.75) is 32.2 Å². The lowest BCUT2D eigenvalue weighted by Crippen LogP contribution is -2.34. The van der Waals surface area contributed by atoms with Crippen LogP contribution in [0, 0.1) is 0 Å². The van der Waals surface area contributed by atoms with Crippen molar-refractivity contribution < 1.29 is 14.4 Å². The molecule has 19 heavy (non-hydrogen) atoms. The zero-order valence-corrected chi connectivity index (χ0v) is 11.5. The van der Waals surface area contributed by atoms with E-state index in [1.54, 1.807) is 11.3 Å². The van der Waals surface area contributed by atoms with Gasteiger partial charge in [0.15, 0.2) is 0 Å². The molecular weight excluding hydrogens is 264 g/mol. The Bertz CT molecular complexity index is 468. The van der Waals surface area contributed by atoms with Gasteiger partial charge in [0.05, 0.1) is 6.04 Å². The van der Waals surface area contributed by atoms with Crippen molar-refractivity contribution >= 4 is 29.1 Å². The van der Waals surface area contributed by atoms with E-state index >= 15 is 0 Å². The van der Waals surface area contributed by atoms with Crippen LogP contribution in [0.25, 0.3) is 0 Å². The van der Waals surface area contributed by atoms with Crippen LogP contribution in [-0.2, 0) is 14.4 Å². The van der Waals surface area contributed by atoms with Gasteiger partial charge < -0.3 is 5.32 Å². The van der Waals surface area contributed by atoms with Crippen molar-refractivity contribution in [3.8, 4) is 0 Å². The Morgan fingerprint density at radius 3 is 2.68 bits per heavy atom. The van der Waals surface area contributed by atoms with Gasteiger partial charge in [-0.2, -0.15) is 0 Å². The number of thiophene rings is 1. The minimum atomic E-state index is -0.177. The molecule has 0 unspecified atom stereocenters. The van der Waals surface area contributed by atoms with Crippen LogP contribution < -0.4 is 5.32 Å². The second-order valence-electron chi connectivity index (χ2n) is 4.49. The lowest BCUT2D eigenvalue weighted by atomic mass is 10.2. The third-order valence-corrected chi connectivity index (χ3v) is 4.12. The number of carbonyl (C=O) groups excluding carboxylic acids is 3. The molecule has 1 aromatic heterocycles. The highest BCUT2D eigenvalue weighted by Crippen LogP contribution is 2.18. The number of amides is 3. The summed E-state index contributed by atoms with van der Waals surface area (Å²) in [6, 6.07) is 3.85. The third-order valence-electron chi connectivity index (χ3n) is 3.06. The normalized spacial score (nSPS) is 16.8. The predicted octanol–water partition coefficient (Wildman–Crippen LogP) is 1.46. The summed E-state index contributed by atoms with van der Waals surface area (Å²) < 4.78 is 0. The Labute approximate surface area is 115 Å². The lowest BCUT2D eigenvalue weighted by molar-refractivity contribution is -0.138. The fourth-order valence-electron chi connectivity index (χ4n) is 2.01. The van der Waals surface area contributed by atoms with Crippen molar-refractivity contribution in [3.05, 3.63) is 22.4 Å². The monoisotopic (exact) mass is 280 g/mol. The largest absolute Gasteiger partial charge is 0.349 e. The van der Waals surface area contributed by atoms with Crippen LogP contribution in [-0.4, -0.2) is 29.2 Å². The number of rotatable bonds is 5. The van der Waals surface area contributed by atoms with Gasteiger partial charge in [0, 0.05) is 30.7 Å². The van der Waals surface area contributed by atoms with Gasteiger partial charge in [-0.3, -0.25) is 19.3 Å². The van der Waals surface area contributed by atoms with E-state index < -0.39 is 0 Å². The molecule has 3 amide bonds. The molecule has 1 saturated heterocycles. The maximum atomic E-state index is 11.8. The molecule has 1 fully saturated rings. The van der Waals surface area contributed by atoms with E-state index in [4.69, 9.17) is 0 Å². The summed E-state index contributed by atoms with van der Waals surface area (Å²) in [4.78, 5) is 36.8. The molecule has 6 heteroatoms. The molecule has 0 spiro atoms. The number of likely N-dealkylation sites (tertiary alicyclic amines) is 1. The number of carbonyl (C=O) groups is 3. The number of nitrogens with zero attached hydrogens (tertiary/aromatic N) is 1. The van der Waals surface area contributed by atoms with Crippen molar-refractivity contribution in [1.29, 1.82) is 0 Å². The van der Waals surface area contributed by atoms with Crippen molar-refractivity contribution in [1.82, 2.24) is 10.2 Å². The molecule has 0 saturated carbocycles. The van der Waals surface area contributed by atoms with Gasteiger partial charge in [0.2, 0.25) is 17.7 Å². The SMILES string of the molecule is C[C@@H](NC(=O)CCN1C(=O)CCC1=O)c1cccs1. The van der Waals surface area contributed by atoms with Crippen molar-refractivity contribution in [3.63, 3.8) is 0 Å². The first-order valence-electron chi connectivity index (χ1n) is 6.24. The molecule has 0 radical (unpaired) electrons. The molecule has 0 bridgehead atoms. The first kappa shape index (κ1) is 13.7. The van der Waals surface area contributed by atoms with Gasteiger partial charge in [-0.15, -0.1) is 11.3 Å². The molecule has 0 aliphatic carbocycles. The van der Waals surface area contributed by atoms with Gasteiger partial charge in [0.1, 0.15) is 0 Å². The van der Waals surface area contributed by atoms with E-state index in [0.29, 0.717) is 0 Å². The molecular formula is C13H16N2O3S. The van der Waals surface area contributed by atoms with Gasteiger partial charge in [-0.1, -0.05) is 6.07 Å². The third kappa shape index (κ3) is 3.41. The molecule has 2 rings (SSSR count). The smallest absolute Gasteiger partial charge is 0.229 e. The van der Waals surface area contributed by atoms with Crippen molar-refractivity contribution in [2.24, 2.45) is 0 Å². The molecule has 0 aromatic carbocycles. The number of imide groups is 1. The van der Waals surface area contributed by atoms with Gasteiger partial charge in [-0.25, -0.2) is 0 Å². The Morgan fingerprint density at radius 2 is 2.11 bits per heavy atom.